The summed E-state index contributed by atoms with van der Waals surface area (Å²) >= 11 is 0. The van der Waals surface area contributed by atoms with Gasteiger partial charge in [0.25, 0.3) is 0 Å². The van der Waals surface area contributed by atoms with E-state index in [0.29, 0.717) is 11.8 Å². The summed E-state index contributed by atoms with van der Waals surface area (Å²) in [4.78, 5) is 14.5. The predicted molar refractivity (Wildman–Crippen MR) is 142 cm³/mol. The second kappa shape index (κ2) is 7.63. The van der Waals surface area contributed by atoms with Crippen LogP contribution in [-0.2, 0) is 7.05 Å². The van der Waals surface area contributed by atoms with Gasteiger partial charge in [-0.2, -0.15) is 0 Å². The predicted octanol–water partition coefficient (Wildman–Crippen LogP) is 7.74. The monoisotopic (exact) mass is 444 g/mol. The van der Waals surface area contributed by atoms with E-state index >= 15 is 0 Å². The van der Waals surface area contributed by atoms with Crippen molar-refractivity contribution in [2.24, 2.45) is 7.05 Å². The molecule has 0 amide bonds. The van der Waals surface area contributed by atoms with Crippen LogP contribution < -0.4 is 0 Å². The van der Waals surface area contributed by atoms with Crippen LogP contribution in [0.2, 0.25) is 0 Å². The van der Waals surface area contributed by atoms with Gasteiger partial charge in [-0.3, -0.25) is 9.97 Å². The van der Waals surface area contributed by atoms with E-state index in [1.165, 1.54) is 32.8 Å². The molecule has 6 aromatic rings. The first kappa shape index (κ1) is 20.8. The molecule has 0 saturated heterocycles. The van der Waals surface area contributed by atoms with E-state index in [0.717, 1.165) is 33.3 Å². The lowest BCUT2D eigenvalue weighted by Crippen LogP contribution is -2.04. The van der Waals surface area contributed by atoms with Gasteiger partial charge in [-0.1, -0.05) is 70.2 Å². The zero-order valence-corrected chi connectivity index (χ0v) is 20.3. The minimum absolute atomic E-state index is 0.404. The van der Waals surface area contributed by atoms with E-state index < -0.39 is 0 Å². The topological polar surface area (TPSA) is 43.6 Å². The van der Waals surface area contributed by atoms with Gasteiger partial charge in [0.1, 0.15) is 5.82 Å². The molecule has 0 radical (unpaired) electrons. The highest BCUT2D eigenvalue weighted by atomic mass is 15.1. The van der Waals surface area contributed by atoms with E-state index in [9.17, 15) is 0 Å². The van der Waals surface area contributed by atoms with Crippen LogP contribution in [0.3, 0.4) is 0 Å². The largest absolute Gasteiger partial charge is 0.327 e. The zero-order chi connectivity index (χ0) is 23.6. The molecule has 0 aliphatic heterocycles. The van der Waals surface area contributed by atoms with Crippen molar-refractivity contribution in [3.63, 3.8) is 0 Å². The van der Waals surface area contributed by atoms with Crippen molar-refractivity contribution >= 4 is 43.6 Å². The summed E-state index contributed by atoms with van der Waals surface area (Å²) in [5, 5.41) is 4.72. The first-order chi connectivity index (χ1) is 16.5. The standard InChI is InChI=1S/C30H28N4/c1-17(2)19-11-8-12-20(18(3)4)27(19)30-33-28-22-10-7-6-9-21(22)23-15-25-26(32-14-13-31-25)16-24(23)29(28)34(30)5/h6-18H,1-5H3. The van der Waals surface area contributed by atoms with Crippen LogP contribution in [0.25, 0.3) is 55.0 Å². The molecule has 34 heavy (non-hydrogen) atoms. The van der Waals surface area contributed by atoms with E-state index in [1.54, 1.807) is 12.4 Å². The first-order valence-corrected chi connectivity index (χ1v) is 12.0. The molecule has 4 nitrogen and oxygen atoms in total. The SMILES string of the molecule is CC(C)c1cccc(C(C)C)c1-c1nc2c3ccccc3c3cc4nccnc4cc3c2n1C. The van der Waals surface area contributed by atoms with Gasteiger partial charge in [-0.05, 0) is 45.9 Å². The van der Waals surface area contributed by atoms with Crippen LogP contribution in [0.4, 0.5) is 0 Å². The maximum Gasteiger partial charge on any atom is 0.141 e. The Labute approximate surface area is 199 Å². The van der Waals surface area contributed by atoms with E-state index in [4.69, 9.17) is 4.98 Å². The Kier molecular flexibility index (Phi) is 4.66. The van der Waals surface area contributed by atoms with E-state index in [1.807, 2.05) is 0 Å². The van der Waals surface area contributed by atoms with Crippen molar-refractivity contribution < 1.29 is 0 Å². The number of imidazole rings is 1. The smallest absolute Gasteiger partial charge is 0.141 e. The number of aromatic nitrogens is 4. The average Bonchev–Trinajstić information content (AvgIpc) is 3.19. The van der Waals surface area contributed by atoms with Crippen molar-refractivity contribution in [2.75, 3.05) is 0 Å². The summed E-state index contributed by atoms with van der Waals surface area (Å²) in [5.74, 6) is 1.84. The molecule has 2 heterocycles. The van der Waals surface area contributed by atoms with Gasteiger partial charge in [-0.15, -0.1) is 0 Å². The Morgan fingerprint density at radius 1 is 0.676 bits per heavy atom. The number of aryl methyl sites for hydroxylation is 1. The molecular weight excluding hydrogens is 416 g/mol. The van der Waals surface area contributed by atoms with Crippen LogP contribution in [0, 0.1) is 0 Å². The van der Waals surface area contributed by atoms with Gasteiger partial charge in [-0.25, -0.2) is 4.98 Å². The second-order valence-electron chi connectivity index (χ2n) is 9.80. The summed E-state index contributed by atoms with van der Waals surface area (Å²) in [6.07, 6.45) is 3.52. The molecule has 0 N–H and O–H groups in total. The van der Waals surface area contributed by atoms with Crippen LogP contribution >= 0.6 is 0 Å². The van der Waals surface area contributed by atoms with E-state index in [-0.39, 0.29) is 0 Å². The molecule has 0 aliphatic rings. The third-order valence-corrected chi connectivity index (χ3v) is 7.03. The van der Waals surface area contributed by atoms with Crippen LogP contribution in [0.1, 0.15) is 50.7 Å². The van der Waals surface area contributed by atoms with Gasteiger partial charge in [0.15, 0.2) is 0 Å². The Bertz CT molecular complexity index is 1700. The highest BCUT2D eigenvalue weighted by Crippen LogP contribution is 2.41. The molecule has 0 saturated carbocycles. The molecule has 0 unspecified atom stereocenters. The molecule has 0 fully saturated rings. The van der Waals surface area contributed by atoms with Crippen LogP contribution in [0.5, 0.6) is 0 Å². The Morgan fingerprint density at radius 2 is 1.26 bits per heavy atom. The lowest BCUT2D eigenvalue weighted by atomic mass is 9.88. The van der Waals surface area contributed by atoms with Crippen LogP contribution in [0.15, 0.2) is 67.0 Å². The lowest BCUT2D eigenvalue weighted by Gasteiger charge is -2.19. The highest BCUT2D eigenvalue weighted by Gasteiger charge is 2.23. The average molecular weight is 445 g/mol. The third kappa shape index (κ3) is 2.95. The summed E-state index contributed by atoms with van der Waals surface area (Å²) in [7, 11) is 2.15. The molecule has 4 heteroatoms. The van der Waals surface area contributed by atoms with Crippen LogP contribution in [-0.4, -0.2) is 19.5 Å². The van der Waals surface area contributed by atoms with Gasteiger partial charge < -0.3 is 4.57 Å². The van der Waals surface area contributed by atoms with Gasteiger partial charge in [0, 0.05) is 35.8 Å². The molecular formula is C30H28N4. The molecule has 2 aromatic heterocycles. The Morgan fingerprint density at radius 3 is 1.88 bits per heavy atom. The van der Waals surface area contributed by atoms with Crippen molar-refractivity contribution in [1.82, 2.24) is 19.5 Å². The fourth-order valence-corrected chi connectivity index (χ4v) is 5.38. The van der Waals surface area contributed by atoms with Crippen molar-refractivity contribution in [1.29, 1.82) is 0 Å². The Hall–Kier alpha value is -3.79. The quantitative estimate of drug-likeness (QED) is 0.207. The molecule has 0 spiro atoms. The summed E-state index contributed by atoms with van der Waals surface area (Å²) < 4.78 is 2.29. The molecule has 0 aliphatic carbocycles. The van der Waals surface area contributed by atoms with Gasteiger partial charge >= 0.3 is 0 Å². The first-order valence-electron chi connectivity index (χ1n) is 12.0. The highest BCUT2D eigenvalue weighted by molar-refractivity contribution is 6.25. The zero-order valence-electron chi connectivity index (χ0n) is 20.3. The fourth-order valence-electron chi connectivity index (χ4n) is 5.38. The summed E-state index contributed by atoms with van der Waals surface area (Å²) in [5.41, 5.74) is 7.95. The second-order valence-corrected chi connectivity index (χ2v) is 9.80. The number of nitrogens with zero attached hydrogens (tertiary/aromatic N) is 4. The number of hydrogen-bond donors (Lipinski definition) is 0. The number of benzene rings is 4. The number of hydrogen-bond acceptors (Lipinski definition) is 3. The normalized spacial score (nSPS) is 12.2. The lowest BCUT2D eigenvalue weighted by molar-refractivity contribution is 0.828. The summed E-state index contributed by atoms with van der Waals surface area (Å²) in [6, 6.07) is 19.6. The fraction of sp³-hybridized carbons (Fsp3) is 0.233. The van der Waals surface area contributed by atoms with Crippen molar-refractivity contribution in [3.05, 3.63) is 78.1 Å². The maximum atomic E-state index is 5.35. The van der Waals surface area contributed by atoms with Gasteiger partial charge in [0.05, 0.1) is 22.1 Å². The third-order valence-electron chi connectivity index (χ3n) is 7.03. The molecule has 0 atom stereocenters. The van der Waals surface area contributed by atoms with E-state index in [2.05, 4.69) is 104 Å². The van der Waals surface area contributed by atoms with Gasteiger partial charge in [0.2, 0.25) is 0 Å². The van der Waals surface area contributed by atoms with Crippen molar-refractivity contribution in [2.45, 2.75) is 39.5 Å². The Balaban J connectivity index is 1.83. The minimum Gasteiger partial charge on any atom is -0.327 e. The maximum absolute atomic E-state index is 5.35. The molecule has 4 aromatic carbocycles. The van der Waals surface area contributed by atoms with Crippen molar-refractivity contribution in [3.8, 4) is 11.4 Å². The molecule has 168 valence electrons. The number of fused-ring (bicyclic) bond motifs is 7. The molecule has 0 bridgehead atoms. The minimum atomic E-state index is 0.404. The summed E-state index contributed by atoms with van der Waals surface area (Å²) in [6.45, 7) is 9.06. The number of rotatable bonds is 3. The molecule has 6 rings (SSSR count).